The Bertz CT molecular complexity index is 1520. The van der Waals surface area contributed by atoms with Crippen LogP contribution in [-0.4, -0.2) is 35.5 Å². The molecule has 0 bridgehead atoms. The highest BCUT2D eigenvalue weighted by Gasteiger charge is 2.49. The second-order valence-electron chi connectivity index (χ2n) is 13.7. The number of allylic oxidation sites excluding steroid dienone is 4. The third kappa shape index (κ3) is 6.41. The third-order valence-corrected chi connectivity index (χ3v) is 9.21. The Morgan fingerprint density at radius 2 is 1.53 bits per heavy atom. The quantitative estimate of drug-likeness (QED) is 0.335. The smallest absolute Gasteiger partial charge is 0.262 e. The van der Waals surface area contributed by atoms with Crippen molar-refractivity contribution >= 4 is 46.4 Å². The second kappa shape index (κ2) is 11.8. The Balaban J connectivity index is 1.59. The molecule has 43 heavy (non-hydrogen) atoms. The van der Waals surface area contributed by atoms with Crippen LogP contribution in [0.4, 0.5) is 5.69 Å². The molecule has 0 atom stereocenters. The van der Waals surface area contributed by atoms with Gasteiger partial charge >= 0.3 is 0 Å². The molecule has 1 amide bonds. The van der Waals surface area contributed by atoms with Gasteiger partial charge in [0.25, 0.3) is 5.91 Å². The van der Waals surface area contributed by atoms with Crippen molar-refractivity contribution in [2.24, 2.45) is 10.8 Å². The van der Waals surface area contributed by atoms with E-state index in [1.165, 1.54) is 0 Å². The van der Waals surface area contributed by atoms with E-state index >= 15 is 0 Å². The normalized spacial score (nSPS) is 19.8. The summed E-state index contributed by atoms with van der Waals surface area (Å²) in [7, 11) is 0. The third-order valence-electron chi connectivity index (χ3n) is 8.57. The Morgan fingerprint density at radius 3 is 2.09 bits per heavy atom. The first kappa shape index (κ1) is 31.3. The number of aryl methyl sites for hydroxylation is 1. The van der Waals surface area contributed by atoms with Crippen LogP contribution in [0.5, 0.6) is 5.75 Å². The van der Waals surface area contributed by atoms with Gasteiger partial charge in [0, 0.05) is 69.1 Å². The van der Waals surface area contributed by atoms with E-state index in [4.69, 9.17) is 27.9 Å². The van der Waals surface area contributed by atoms with Gasteiger partial charge in [-0.2, -0.15) is 0 Å². The largest absolute Gasteiger partial charge is 0.483 e. The SMILES string of the molecule is CCCN1C2=C(C(=O)CC(C)(C)C2)C(c2cc(Cl)ccc2OCC(=O)Nc2ccc(C)c(Cl)c2)C2=C1CC(C)(C)CC2=O. The molecule has 2 aromatic carbocycles. The molecule has 2 aliphatic carbocycles. The van der Waals surface area contributed by atoms with E-state index < -0.39 is 5.92 Å². The number of carbonyl (C=O) groups is 3. The van der Waals surface area contributed by atoms with E-state index in [2.05, 4.69) is 44.8 Å². The number of benzene rings is 2. The number of rotatable bonds is 7. The minimum Gasteiger partial charge on any atom is -0.483 e. The molecule has 1 aliphatic heterocycles. The average Bonchev–Trinajstić information content (AvgIpc) is 2.89. The van der Waals surface area contributed by atoms with E-state index in [0.29, 0.717) is 51.0 Å². The molecule has 5 rings (SSSR count). The van der Waals surface area contributed by atoms with Crippen LogP contribution in [0.15, 0.2) is 58.9 Å². The minimum atomic E-state index is -0.613. The zero-order chi connectivity index (χ0) is 31.3. The summed E-state index contributed by atoms with van der Waals surface area (Å²) in [5, 5.41) is 3.85. The number of halogens is 2. The fourth-order valence-electron chi connectivity index (χ4n) is 6.74. The number of nitrogens with one attached hydrogen (secondary N) is 1. The zero-order valence-corrected chi connectivity index (χ0v) is 27.3. The Kier molecular flexibility index (Phi) is 8.58. The van der Waals surface area contributed by atoms with E-state index in [9.17, 15) is 14.4 Å². The van der Waals surface area contributed by atoms with E-state index in [0.717, 1.165) is 42.8 Å². The van der Waals surface area contributed by atoms with Crippen LogP contribution in [0, 0.1) is 17.8 Å². The number of hydrogen-bond donors (Lipinski definition) is 1. The summed E-state index contributed by atoms with van der Waals surface area (Å²) in [6, 6.07) is 10.5. The topological polar surface area (TPSA) is 75.7 Å². The lowest BCUT2D eigenvalue weighted by Crippen LogP contribution is -2.44. The first-order valence-electron chi connectivity index (χ1n) is 15.0. The minimum absolute atomic E-state index is 0.0430. The predicted molar refractivity (Wildman–Crippen MR) is 172 cm³/mol. The summed E-state index contributed by atoms with van der Waals surface area (Å²) in [5.74, 6) is -0.463. The van der Waals surface area contributed by atoms with Crippen LogP contribution in [-0.2, 0) is 14.4 Å². The monoisotopic (exact) mass is 622 g/mol. The van der Waals surface area contributed by atoms with Crippen LogP contribution in [0.1, 0.15) is 83.8 Å². The summed E-state index contributed by atoms with van der Waals surface area (Å²) in [6.45, 7) is 13.0. The van der Waals surface area contributed by atoms with Gasteiger partial charge in [0.15, 0.2) is 18.2 Å². The molecular formula is C35H40Cl2N2O4. The van der Waals surface area contributed by atoms with Crippen LogP contribution >= 0.6 is 23.2 Å². The molecule has 8 heteroatoms. The molecule has 0 fully saturated rings. The maximum atomic E-state index is 14.0. The molecule has 0 radical (unpaired) electrons. The molecule has 2 aromatic rings. The lowest BCUT2D eigenvalue weighted by Gasteiger charge is -2.49. The maximum absolute atomic E-state index is 14.0. The van der Waals surface area contributed by atoms with Crippen molar-refractivity contribution in [3.63, 3.8) is 0 Å². The summed E-state index contributed by atoms with van der Waals surface area (Å²) in [6.07, 6.45) is 3.13. The van der Waals surface area contributed by atoms with E-state index in [-0.39, 0.29) is 34.9 Å². The van der Waals surface area contributed by atoms with Gasteiger partial charge in [-0.15, -0.1) is 0 Å². The molecule has 228 valence electrons. The summed E-state index contributed by atoms with van der Waals surface area (Å²) < 4.78 is 6.13. The second-order valence-corrected chi connectivity index (χ2v) is 14.5. The van der Waals surface area contributed by atoms with Crippen molar-refractivity contribution in [1.82, 2.24) is 4.90 Å². The zero-order valence-electron chi connectivity index (χ0n) is 25.8. The number of nitrogens with zero attached hydrogens (tertiary/aromatic N) is 1. The van der Waals surface area contributed by atoms with Crippen molar-refractivity contribution in [2.75, 3.05) is 18.5 Å². The van der Waals surface area contributed by atoms with Gasteiger partial charge in [0.05, 0.1) is 0 Å². The highest BCUT2D eigenvalue weighted by atomic mass is 35.5. The number of ketones is 2. The Labute approximate surface area is 264 Å². The molecule has 3 aliphatic rings. The highest BCUT2D eigenvalue weighted by Crippen LogP contribution is 2.55. The van der Waals surface area contributed by atoms with Crippen LogP contribution in [0.2, 0.25) is 10.0 Å². The summed E-state index contributed by atoms with van der Waals surface area (Å²) >= 11 is 12.8. The van der Waals surface area contributed by atoms with Gasteiger partial charge in [-0.05, 0) is 72.9 Å². The van der Waals surface area contributed by atoms with Gasteiger partial charge in [0.2, 0.25) is 0 Å². The number of hydrogen-bond acceptors (Lipinski definition) is 5. The first-order valence-corrected chi connectivity index (χ1v) is 15.7. The van der Waals surface area contributed by atoms with E-state index in [1.54, 1.807) is 30.3 Å². The van der Waals surface area contributed by atoms with Crippen molar-refractivity contribution < 1.29 is 19.1 Å². The maximum Gasteiger partial charge on any atom is 0.262 e. The Hall–Kier alpha value is -3.09. The summed E-state index contributed by atoms with van der Waals surface area (Å²) in [4.78, 5) is 43.3. The van der Waals surface area contributed by atoms with Gasteiger partial charge < -0.3 is 15.0 Å². The van der Waals surface area contributed by atoms with Gasteiger partial charge in [-0.1, -0.05) is 63.9 Å². The molecule has 0 saturated carbocycles. The van der Waals surface area contributed by atoms with Crippen molar-refractivity contribution in [3.8, 4) is 5.75 Å². The molecule has 0 spiro atoms. The fraction of sp³-hybridized carbons (Fsp3) is 0.457. The van der Waals surface area contributed by atoms with Crippen LogP contribution < -0.4 is 10.1 Å². The van der Waals surface area contributed by atoms with Crippen molar-refractivity contribution in [3.05, 3.63) is 80.1 Å². The lowest BCUT2D eigenvalue weighted by molar-refractivity contribution is -0.120. The van der Waals surface area contributed by atoms with Gasteiger partial charge in [-0.25, -0.2) is 0 Å². The van der Waals surface area contributed by atoms with Gasteiger partial charge in [-0.3, -0.25) is 14.4 Å². The number of Topliss-reactive ketones (excluding diaryl/α,β-unsaturated/α-hetero) is 2. The van der Waals surface area contributed by atoms with Crippen molar-refractivity contribution in [1.29, 1.82) is 0 Å². The fourth-order valence-corrected chi connectivity index (χ4v) is 7.10. The molecule has 1 N–H and O–H groups in total. The standard InChI is InChI=1S/C35H40Cl2N2O4/c1-7-12-39-25-15-34(3,4)17-27(40)32(25)31(33-26(39)16-35(5,6)18-28(33)41)23-13-21(36)9-11-29(23)43-19-30(42)38-22-10-8-20(2)24(37)14-22/h8-11,13-14,31H,7,12,15-19H2,1-6H3,(H,38,42). The number of amides is 1. The molecule has 1 heterocycles. The Morgan fingerprint density at radius 1 is 0.930 bits per heavy atom. The molecular weight excluding hydrogens is 583 g/mol. The van der Waals surface area contributed by atoms with Gasteiger partial charge in [0.1, 0.15) is 5.75 Å². The van der Waals surface area contributed by atoms with Crippen LogP contribution in [0.3, 0.4) is 0 Å². The lowest BCUT2D eigenvalue weighted by atomic mass is 9.63. The number of anilines is 1. The molecule has 0 unspecified atom stereocenters. The molecule has 0 aromatic heterocycles. The average molecular weight is 624 g/mol. The highest BCUT2D eigenvalue weighted by molar-refractivity contribution is 6.31. The molecule has 0 saturated heterocycles. The molecule has 6 nitrogen and oxygen atoms in total. The number of ether oxygens (including phenoxy) is 1. The first-order chi connectivity index (χ1) is 20.2. The number of carbonyl (C=O) groups excluding carboxylic acids is 3. The van der Waals surface area contributed by atoms with E-state index in [1.807, 2.05) is 13.0 Å². The van der Waals surface area contributed by atoms with Crippen molar-refractivity contribution in [2.45, 2.75) is 79.6 Å². The van der Waals surface area contributed by atoms with Crippen LogP contribution in [0.25, 0.3) is 0 Å². The predicted octanol–water partition coefficient (Wildman–Crippen LogP) is 8.41. The summed E-state index contributed by atoms with van der Waals surface area (Å²) in [5.41, 5.74) is 5.02.